The van der Waals surface area contributed by atoms with Crippen molar-refractivity contribution < 1.29 is 9.53 Å². The van der Waals surface area contributed by atoms with E-state index < -0.39 is 5.60 Å². The van der Waals surface area contributed by atoms with Gasteiger partial charge < -0.3 is 9.64 Å². The van der Waals surface area contributed by atoms with Gasteiger partial charge in [-0.05, 0) is 26.2 Å². The molecule has 1 fully saturated rings. The first-order valence-corrected chi connectivity index (χ1v) is 5.35. The van der Waals surface area contributed by atoms with E-state index in [0.29, 0.717) is 13.0 Å². The summed E-state index contributed by atoms with van der Waals surface area (Å²) in [7, 11) is 1.54. The van der Waals surface area contributed by atoms with Gasteiger partial charge in [0.05, 0.1) is 6.07 Å². The van der Waals surface area contributed by atoms with Crippen molar-refractivity contribution in [3.8, 4) is 6.07 Å². The molecule has 0 aromatic carbocycles. The first-order valence-electron chi connectivity index (χ1n) is 5.35. The van der Waals surface area contributed by atoms with E-state index in [1.165, 1.54) is 0 Å². The lowest BCUT2D eigenvalue weighted by molar-refractivity contribution is -0.153. The molecule has 0 spiro atoms. The molecule has 0 N–H and O–H groups in total. The van der Waals surface area contributed by atoms with Crippen LogP contribution in [0.5, 0.6) is 0 Å². The number of carbonyl (C=O) groups is 1. The molecular formula is C11H18N2O2. The van der Waals surface area contributed by atoms with Crippen LogP contribution in [-0.4, -0.2) is 36.1 Å². The molecule has 4 nitrogen and oxygen atoms in total. The summed E-state index contributed by atoms with van der Waals surface area (Å²) in [6, 6.07) is 1.90. The molecule has 2 atom stereocenters. The maximum atomic E-state index is 12.1. The number of nitrogens with zero attached hydrogens (tertiary/aromatic N) is 2. The summed E-state index contributed by atoms with van der Waals surface area (Å²) in [5.41, 5.74) is -0.778. The fourth-order valence-electron chi connectivity index (χ4n) is 1.83. The number of likely N-dealkylation sites (tertiary alicyclic amines) is 1. The fourth-order valence-corrected chi connectivity index (χ4v) is 1.83. The molecule has 1 saturated heterocycles. The van der Waals surface area contributed by atoms with Crippen LogP contribution in [0.4, 0.5) is 0 Å². The number of nitriles is 1. The Hall–Kier alpha value is -1.08. The molecular weight excluding hydrogens is 192 g/mol. The third-order valence-corrected chi connectivity index (χ3v) is 3.24. The number of ether oxygens (including phenoxy) is 1. The predicted octanol–water partition coefficient (Wildman–Crippen LogP) is 1.32. The van der Waals surface area contributed by atoms with E-state index >= 15 is 0 Å². The molecule has 1 aliphatic heterocycles. The quantitative estimate of drug-likeness (QED) is 0.705. The van der Waals surface area contributed by atoms with E-state index in [-0.39, 0.29) is 11.9 Å². The molecule has 0 aliphatic carbocycles. The zero-order chi connectivity index (χ0) is 11.5. The largest absolute Gasteiger partial charge is 0.369 e. The summed E-state index contributed by atoms with van der Waals surface area (Å²) in [5, 5.41) is 8.91. The molecule has 1 aliphatic rings. The molecule has 2 unspecified atom stereocenters. The third kappa shape index (κ3) is 2.13. The van der Waals surface area contributed by atoms with Crippen LogP contribution in [0.15, 0.2) is 0 Å². The highest BCUT2D eigenvalue weighted by atomic mass is 16.5. The molecule has 1 amide bonds. The third-order valence-electron chi connectivity index (χ3n) is 3.24. The normalized spacial score (nSPS) is 24.7. The lowest BCUT2D eigenvalue weighted by Crippen LogP contribution is -2.49. The Labute approximate surface area is 90.8 Å². The molecule has 4 heteroatoms. The predicted molar refractivity (Wildman–Crippen MR) is 56.1 cm³/mol. The van der Waals surface area contributed by atoms with Crippen LogP contribution >= 0.6 is 0 Å². The van der Waals surface area contributed by atoms with Crippen molar-refractivity contribution in [2.24, 2.45) is 0 Å². The Balaban J connectivity index is 2.80. The highest BCUT2D eigenvalue weighted by Gasteiger charge is 2.39. The van der Waals surface area contributed by atoms with Gasteiger partial charge in [-0.1, -0.05) is 6.92 Å². The molecule has 1 heterocycles. The van der Waals surface area contributed by atoms with E-state index in [1.807, 2.05) is 6.92 Å². The van der Waals surface area contributed by atoms with Crippen LogP contribution < -0.4 is 0 Å². The highest BCUT2D eigenvalue weighted by Crippen LogP contribution is 2.24. The smallest absolute Gasteiger partial charge is 0.255 e. The van der Waals surface area contributed by atoms with E-state index in [4.69, 9.17) is 10.00 Å². The molecule has 1 rings (SSSR count). The Bertz CT molecular complexity index is 279. The van der Waals surface area contributed by atoms with Crippen molar-refractivity contribution >= 4 is 5.91 Å². The number of carbonyl (C=O) groups excluding carboxylic acids is 1. The van der Waals surface area contributed by atoms with Gasteiger partial charge in [0.1, 0.15) is 11.6 Å². The van der Waals surface area contributed by atoms with Gasteiger partial charge in [0, 0.05) is 13.7 Å². The molecule has 0 aromatic heterocycles. The summed E-state index contributed by atoms with van der Waals surface area (Å²) in [5.74, 6) is -0.0587. The summed E-state index contributed by atoms with van der Waals surface area (Å²) in [4.78, 5) is 13.8. The van der Waals surface area contributed by atoms with Crippen LogP contribution in [0.2, 0.25) is 0 Å². The maximum Gasteiger partial charge on any atom is 0.255 e. The Kier molecular flexibility index (Phi) is 3.70. The highest BCUT2D eigenvalue weighted by molar-refractivity contribution is 5.85. The van der Waals surface area contributed by atoms with Gasteiger partial charge in [-0.2, -0.15) is 5.26 Å². The Morgan fingerprint density at radius 1 is 1.73 bits per heavy atom. The number of hydrogen-bond acceptors (Lipinski definition) is 3. The van der Waals surface area contributed by atoms with Crippen LogP contribution in [-0.2, 0) is 9.53 Å². The van der Waals surface area contributed by atoms with Crippen molar-refractivity contribution in [2.45, 2.75) is 44.8 Å². The summed E-state index contributed by atoms with van der Waals surface area (Å²) in [6.45, 7) is 4.37. The number of methoxy groups -OCH3 is 1. The maximum absolute atomic E-state index is 12.1. The first kappa shape index (κ1) is 12.0. The Morgan fingerprint density at radius 2 is 2.40 bits per heavy atom. The van der Waals surface area contributed by atoms with Crippen molar-refractivity contribution in [3.63, 3.8) is 0 Å². The monoisotopic (exact) mass is 210 g/mol. The minimum Gasteiger partial charge on any atom is -0.369 e. The first-order chi connectivity index (χ1) is 7.09. The van der Waals surface area contributed by atoms with Gasteiger partial charge in [0.15, 0.2) is 0 Å². The number of hydrogen-bond donors (Lipinski definition) is 0. The molecule has 0 saturated carbocycles. The molecule has 0 bridgehead atoms. The average Bonchev–Trinajstić information content (AvgIpc) is 2.74. The second-order valence-corrected chi connectivity index (χ2v) is 4.07. The van der Waals surface area contributed by atoms with Gasteiger partial charge in [0.2, 0.25) is 0 Å². The molecule has 0 aromatic rings. The topological polar surface area (TPSA) is 53.3 Å². The van der Waals surface area contributed by atoms with Gasteiger partial charge in [0.25, 0.3) is 5.91 Å². The minimum atomic E-state index is -0.778. The summed E-state index contributed by atoms with van der Waals surface area (Å²) < 4.78 is 5.25. The molecule has 84 valence electrons. The second-order valence-electron chi connectivity index (χ2n) is 4.07. The fraction of sp³-hybridized carbons (Fsp3) is 0.818. The minimum absolute atomic E-state index is 0.0587. The van der Waals surface area contributed by atoms with Crippen molar-refractivity contribution in [1.29, 1.82) is 5.26 Å². The van der Waals surface area contributed by atoms with Crippen molar-refractivity contribution in [2.75, 3.05) is 13.7 Å². The van der Waals surface area contributed by atoms with Crippen molar-refractivity contribution in [3.05, 3.63) is 0 Å². The zero-order valence-electron chi connectivity index (χ0n) is 9.62. The van der Waals surface area contributed by atoms with E-state index in [0.717, 1.165) is 12.8 Å². The lowest BCUT2D eigenvalue weighted by atomic mass is 10.0. The number of amides is 1. The van der Waals surface area contributed by atoms with Crippen LogP contribution in [0.3, 0.4) is 0 Å². The zero-order valence-corrected chi connectivity index (χ0v) is 9.62. The molecule has 0 radical (unpaired) electrons. The second kappa shape index (κ2) is 4.63. The van der Waals surface area contributed by atoms with Crippen LogP contribution in [0.1, 0.15) is 33.1 Å². The van der Waals surface area contributed by atoms with Gasteiger partial charge in [-0.25, -0.2) is 0 Å². The lowest BCUT2D eigenvalue weighted by Gasteiger charge is -2.31. The summed E-state index contributed by atoms with van der Waals surface area (Å²) in [6.07, 6.45) is 2.32. The van der Waals surface area contributed by atoms with Gasteiger partial charge >= 0.3 is 0 Å². The number of rotatable bonds is 3. The SMILES string of the molecule is CCC(C)(OC)C(=O)N1CCCC1C#N. The standard InChI is InChI=1S/C11H18N2O2/c1-4-11(2,15-3)10(14)13-7-5-6-9(13)8-12/h9H,4-7H2,1-3H3. The Morgan fingerprint density at radius 3 is 2.87 bits per heavy atom. The van der Waals surface area contributed by atoms with E-state index in [2.05, 4.69) is 6.07 Å². The van der Waals surface area contributed by atoms with Crippen molar-refractivity contribution in [1.82, 2.24) is 4.90 Å². The van der Waals surface area contributed by atoms with Gasteiger partial charge in [-0.15, -0.1) is 0 Å². The van der Waals surface area contributed by atoms with Crippen LogP contribution in [0, 0.1) is 11.3 Å². The molecule has 15 heavy (non-hydrogen) atoms. The van der Waals surface area contributed by atoms with Crippen LogP contribution in [0.25, 0.3) is 0 Å². The van der Waals surface area contributed by atoms with E-state index in [9.17, 15) is 4.79 Å². The van der Waals surface area contributed by atoms with E-state index in [1.54, 1.807) is 18.9 Å². The average molecular weight is 210 g/mol. The van der Waals surface area contributed by atoms with Gasteiger partial charge in [-0.3, -0.25) is 4.79 Å². The summed E-state index contributed by atoms with van der Waals surface area (Å²) >= 11 is 0.